The highest BCUT2D eigenvalue weighted by Gasteiger charge is 2.22. The van der Waals surface area contributed by atoms with Crippen LogP contribution in [0.2, 0.25) is 0 Å². The van der Waals surface area contributed by atoms with Gasteiger partial charge in [-0.3, -0.25) is 4.79 Å². The van der Waals surface area contributed by atoms with Crippen LogP contribution in [0.25, 0.3) is 10.9 Å². The van der Waals surface area contributed by atoms with Gasteiger partial charge in [0.25, 0.3) is 0 Å². The molecule has 0 saturated carbocycles. The van der Waals surface area contributed by atoms with Crippen LogP contribution in [0.4, 0.5) is 0 Å². The van der Waals surface area contributed by atoms with Crippen molar-refractivity contribution in [2.24, 2.45) is 0 Å². The van der Waals surface area contributed by atoms with E-state index in [0.29, 0.717) is 12.5 Å². The summed E-state index contributed by atoms with van der Waals surface area (Å²) in [4.78, 5) is 17.4. The van der Waals surface area contributed by atoms with Crippen molar-refractivity contribution in [1.82, 2.24) is 15.2 Å². The number of benzene rings is 1. The van der Waals surface area contributed by atoms with E-state index in [-0.39, 0.29) is 5.91 Å². The smallest absolute Gasteiger partial charge is 0.222 e. The Morgan fingerprint density at radius 2 is 2.25 bits per heavy atom. The molecule has 1 atom stereocenters. The van der Waals surface area contributed by atoms with E-state index in [0.717, 1.165) is 31.4 Å². The topological polar surface area (TPSA) is 48.1 Å². The second-order valence-corrected chi connectivity index (χ2v) is 5.51. The summed E-state index contributed by atoms with van der Waals surface area (Å²) in [6.07, 6.45) is 4.46. The minimum absolute atomic E-state index is 0.240. The number of H-pyrrole nitrogens is 1. The third kappa shape index (κ3) is 2.56. The number of aryl methyl sites for hydroxylation is 1. The Hall–Kier alpha value is -1.81. The fraction of sp³-hybridized carbons (Fsp3) is 0.438. The van der Waals surface area contributed by atoms with Crippen molar-refractivity contribution < 1.29 is 4.79 Å². The number of hydrogen-bond donors (Lipinski definition) is 2. The summed E-state index contributed by atoms with van der Waals surface area (Å²) >= 11 is 0. The normalized spacial score (nSPS) is 18.6. The molecule has 4 heteroatoms. The summed E-state index contributed by atoms with van der Waals surface area (Å²) in [7, 11) is 1.93. The molecular weight excluding hydrogens is 250 g/mol. The first-order valence-electron chi connectivity index (χ1n) is 7.27. The lowest BCUT2D eigenvalue weighted by Gasteiger charge is -2.23. The number of hydrogen-bond acceptors (Lipinski definition) is 2. The molecule has 1 fully saturated rings. The third-order valence-corrected chi connectivity index (χ3v) is 4.26. The highest BCUT2D eigenvalue weighted by Crippen LogP contribution is 2.19. The molecule has 2 N–H and O–H groups in total. The number of para-hydroxylation sites is 1. The molecule has 4 nitrogen and oxygen atoms in total. The number of nitrogens with one attached hydrogen (secondary N) is 2. The van der Waals surface area contributed by atoms with Gasteiger partial charge in [-0.1, -0.05) is 18.2 Å². The Morgan fingerprint density at radius 3 is 3.05 bits per heavy atom. The van der Waals surface area contributed by atoms with Crippen molar-refractivity contribution in [3.8, 4) is 0 Å². The van der Waals surface area contributed by atoms with Crippen LogP contribution in [-0.2, 0) is 11.2 Å². The number of amides is 1. The average molecular weight is 271 g/mol. The highest BCUT2D eigenvalue weighted by molar-refractivity contribution is 5.84. The number of likely N-dealkylation sites (N-methyl/N-ethyl adjacent to an activating group) is 1. The van der Waals surface area contributed by atoms with E-state index in [1.54, 1.807) is 0 Å². The van der Waals surface area contributed by atoms with Crippen LogP contribution >= 0.6 is 0 Å². The molecule has 2 aromatic rings. The zero-order chi connectivity index (χ0) is 13.9. The van der Waals surface area contributed by atoms with E-state index < -0.39 is 0 Å². The molecule has 1 aromatic heterocycles. The van der Waals surface area contributed by atoms with E-state index in [2.05, 4.69) is 22.4 Å². The summed E-state index contributed by atoms with van der Waals surface area (Å²) in [5, 5.41) is 4.53. The molecular formula is C16H21N3O. The summed E-state index contributed by atoms with van der Waals surface area (Å²) < 4.78 is 0. The molecule has 1 amide bonds. The largest absolute Gasteiger partial charge is 0.361 e. The molecule has 1 aliphatic heterocycles. The van der Waals surface area contributed by atoms with Gasteiger partial charge in [-0.15, -0.1) is 0 Å². The Bertz CT molecular complexity index is 599. The molecule has 0 spiro atoms. The Balaban J connectivity index is 1.62. The van der Waals surface area contributed by atoms with Crippen molar-refractivity contribution in [2.75, 3.05) is 20.1 Å². The number of carbonyl (C=O) groups excluding carboxylic acids is 1. The van der Waals surface area contributed by atoms with Gasteiger partial charge in [0.05, 0.1) is 0 Å². The number of fused-ring (bicyclic) bond motifs is 1. The van der Waals surface area contributed by atoms with Gasteiger partial charge in [0.15, 0.2) is 0 Å². The van der Waals surface area contributed by atoms with Crippen molar-refractivity contribution >= 4 is 16.8 Å². The van der Waals surface area contributed by atoms with Gasteiger partial charge in [-0.2, -0.15) is 0 Å². The van der Waals surface area contributed by atoms with Crippen LogP contribution in [0.1, 0.15) is 18.4 Å². The Labute approximate surface area is 119 Å². The number of aromatic nitrogens is 1. The van der Waals surface area contributed by atoms with Crippen LogP contribution in [-0.4, -0.2) is 42.0 Å². The Morgan fingerprint density at radius 1 is 1.40 bits per heavy atom. The van der Waals surface area contributed by atoms with Crippen LogP contribution in [0, 0.1) is 0 Å². The van der Waals surface area contributed by atoms with Gasteiger partial charge in [0.1, 0.15) is 0 Å². The predicted molar refractivity (Wildman–Crippen MR) is 80.7 cm³/mol. The van der Waals surface area contributed by atoms with Crippen molar-refractivity contribution in [2.45, 2.75) is 25.3 Å². The lowest BCUT2D eigenvalue weighted by Crippen LogP contribution is -2.38. The van der Waals surface area contributed by atoms with Crippen LogP contribution in [0.3, 0.4) is 0 Å². The maximum absolute atomic E-state index is 12.2. The predicted octanol–water partition coefficient (Wildman–Crippen LogP) is 1.92. The zero-order valence-corrected chi connectivity index (χ0v) is 11.9. The number of rotatable bonds is 4. The lowest BCUT2D eigenvalue weighted by molar-refractivity contribution is -0.131. The fourth-order valence-electron chi connectivity index (χ4n) is 2.93. The lowest BCUT2D eigenvalue weighted by atomic mass is 10.1. The summed E-state index contributed by atoms with van der Waals surface area (Å²) in [6.45, 7) is 1.94. The number of carbonyl (C=O) groups is 1. The van der Waals surface area contributed by atoms with Gasteiger partial charge in [0, 0.05) is 43.2 Å². The third-order valence-electron chi connectivity index (χ3n) is 4.26. The summed E-state index contributed by atoms with van der Waals surface area (Å²) in [6, 6.07) is 8.60. The zero-order valence-electron chi connectivity index (χ0n) is 11.9. The number of aromatic amines is 1. The molecule has 2 heterocycles. The molecule has 1 saturated heterocycles. The molecule has 0 aliphatic carbocycles. The molecule has 1 aliphatic rings. The standard InChI is InChI=1S/C16H21N3O/c1-19(13-8-9-17-11-13)16(20)7-6-12-10-18-15-5-3-2-4-14(12)15/h2-5,10,13,17-18H,6-9,11H2,1H3. The molecule has 106 valence electrons. The SMILES string of the molecule is CN(C(=O)CCc1c[nH]c2ccccc12)C1CCNC1. The maximum Gasteiger partial charge on any atom is 0.222 e. The quantitative estimate of drug-likeness (QED) is 0.892. The monoisotopic (exact) mass is 271 g/mol. The number of nitrogens with zero attached hydrogens (tertiary/aromatic N) is 1. The van der Waals surface area contributed by atoms with Gasteiger partial charge in [-0.25, -0.2) is 0 Å². The van der Waals surface area contributed by atoms with Gasteiger partial charge < -0.3 is 15.2 Å². The highest BCUT2D eigenvalue weighted by atomic mass is 16.2. The molecule has 3 rings (SSSR count). The van der Waals surface area contributed by atoms with Crippen LogP contribution < -0.4 is 5.32 Å². The summed E-state index contributed by atoms with van der Waals surface area (Å²) in [5.41, 5.74) is 2.37. The first-order chi connectivity index (χ1) is 9.75. The van der Waals surface area contributed by atoms with Gasteiger partial charge in [0.2, 0.25) is 5.91 Å². The molecule has 0 bridgehead atoms. The first kappa shape index (κ1) is 13.2. The fourth-order valence-corrected chi connectivity index (χ4v) is 2.93. The van der Waals surface area contributed by atoms with E-state index in [4.69, 9.17) is 0 Å². The van der Waals surface area contributed by atoms with Crippen molar-refractivity contribution in [1.29, 1.82) is 0 Å². The second kappa shape index (κ2) is 5.67. The molecule has 1 unspecified atom stereocenters. The molecule has 0 radical (unpaired) electrons. The van der Waals surface area contributed by atoms with Crippen LogP contribution in [0.5, 0.6) is 0 Å². The van der Waals surface area contributed by atoms with E-state index in [1.807, 2.05) is 30.3 Å². The molecule has 20 heavy (non-hydrogen) atoms. The van der Waals surface area contributed by atoms with Gasteiger partial charge in [-0.05, 0) is 31.0 Å². The minimum atomic E-state index is 0.240. The van der Waals surface area contributed by atoms with Crippen LogP contribution in [0.15, 0.2) is 30.5 Å². The van der Waals surface area contributed by atoms with E-state index in [1.165, 1.54) is 10.9 Å². The second-order valence-electron chi connectivity index (χ2n) is 5.51. The van der Waals surface area contributed by atoms with E-state index >= 15 is 0 Å². The van der Waals surface area contributed by atoms with Crippen molar-refractivity contribution in [3.63, 3.8) is 0 Å². The van der Waals surface area contributed by atoms with Gasteiger partial charge >= 0.3 is 0 Å². The average Bonchev–Trinajstić information content (AvgIpc) is 3.13. The minimum Gasteiger partial charge on any atom is -0.361 e. The maximum atomic E-state index is 12.2. The van der Waals surface area contributed by atoms with E-state index in [9.17, 15) is 4.79 Å². The van der Waals surface area contributed by atoms with Crippen molar-refractivity contribution in [3.05, 3.63) is 36.0 Å². The summed E-state index contributed by atoms with van der Waals surface area (Å²) in [5.74, 6) is 0.240. The molecule has 1 aromatic carbocycles. The first-order valence-corrected chi connectivity index (χ1v) is 7.27. The Kier molecular flexibility index (Phi) is 3.74.